The van der Waals surface area contributed by atoms with Crippen LogP contribution in [-0.4, -0.2) is 25.3 Å². The number of hydrogen-bond acceptors (Lipinski definition) is 2. The van der Waals surface area contributed by atoms with Crippen LogP contribution in [-0.2, 0) is 4.74 Å². The normalized spacial score (nSPS) is 12.4. The standard InChI is InChI=1S/C14H31NO/c1-13(2)9-12-16-11-8-6-7-10-15-14(3,4)5/h13,15H,6-12H2,1-5H3. The van der Waals surface area contributed by atoms with Gasteiger partial charge in [0.05, 0.1) is 0 Å². The summed E-state index contributed by atoms with van der Waals surface area (Å²) in [5.74, 6) is 0.760. The minimum atomic E-state index is 0.258. The fourth-order valence-electron chi connectivity index (χ4n) is 1.39. The second kappa shape index (κ2) is 9.00. The molecule has 0 aromatic heterocycles. The molecular weight excluding hydrogens is 198 g/mol. The van der Waals surface area contributed by atoms with Crippen LogP contribution in [0.15, 0.2) is 0 Å². The molecule has 0 rings (SSSR count). The Morgan fingerprint density at radius 1 is 1.00 bits per heavy atom. The molecule has 16 heavy (non-hydrogen) atoms. The van der Waals surface area contributed by atoms with Crippen molar-refractivity contribution in [3.8, 4) is 0 Å². The molecule has 0 atom stereocenters. The first-order valence-electron chi connectivity index (χ1n) is 6.74. The summed E-state index contributed by atoms with van der Waals surface area (Å²) in [5.41, 5.74) is 0.258. The van der Waals surface area contributed by atoms with E-state index in [9.17, 15) is 0 Å². The predicted octanol–water partition coefficient (Wildman–Crippen LogP) is 3.61. The Labute approximate surface area is 102 Å². The van der Waals surface area contributed by atoms with Crippen molar-refractivity contribution < 1.29 is 4.74 Å². The first-order chi connectivity index (χ1) is 7.42. The Balaban J connectivity index is 3.05. The predicted molar refractivity (Wildman–Crippen MR) is 71.9 cm³/mol. The number of nitrogens with one attached hydrogen (secondary N) is 1. The monoisotopic (exact) mass is 229 g/mol. The van der Waals surface area contributed by atoms with Gasteiger partial charge in [0.15, 0.2) is 0 Å². The smallest absolute Gasteiger partial charge is 0.0468 e. The van der Waals surface area contributed by atoms with E-state index in [-0.39, 0.29) is 5.54 Å². The number of hydrogen-bond donors (Lipinski definition) is 1. The van der Waals surface area contributed by atoms with Crippen LogP contribution in [0.25, 0.3) is 0 Å². The highest BCUT2D eigenvalue weighted by molar-refractivity contribution is 4.69. The fourth-order valence-corrected chi connectivity index (χ4v) is 1.39. The Morgan fingerprint density at radius 2 is 1.69 bits per heavy atom. The number of rotatable bonds is 9. The van der Waals surface area contributed by atoms with E-state index >= 15 is 0 Å². The first-order valence-corrected chi connectivity index (χ1v) is 6.74. The van der Waals surface area contributed by atoms with Crippen molar-refractivity contribution in [3.05, 3.63) is 0 Å². The summed E-state index contributed by atoms with van der Waals surface area (Å²) >= 11 is 0. The van der Waals surface area contributed by atoms with Crippen molar-refractivity contribution in [2.75, 3.05) is 19.8 Å². The maximum atomic E-state index is 5.57. The first kappa shape index (κ1) is 15.9. The Bertz CT molecular complexity index is 149. The molecule has 0 spiro atoms. The van der Waals surface area contributed by atoms with Crippen LogP contribution in [0, 0.1) is 5.92 Å². The van der Waals surface area contributed by atoms with Crippen LogP contribution in [0.5, 0.6) is 0 Å². The van der Waals surface area contributed by atoms with Crippen molar-refractivity contribution in [1.29, 1.82) is 0 Å². The summed E-state index contributed by atoms with van der Waals surface area (Å²) in [4.78, 5) is 0. The Hall–Kier alpha value is -0.0800. The zero-order valence-electron chi connectivity index (χ0n) is 11.9. The highest BCUT2D eigenvalue weighted by Gasteiger charge is 2.06. The minimum Gasteiger partial charge on any atom is -0.381 e. The Morgan fingerprint density at radius 3 is 2.25 bits per heavy atom. The van der Waals surface area contributed by atoms with E-state index in [2.05, 4.69) is 39.9 Å². The van der Waals surface area contributed by atoms with E-state index in [1.807, 2.05) is 0 Å². The van der Waals surface area contributed by atoms with Crippen LogP contribution in [0.4, 0.5) is 0 Å². The summed E-state index contributed by atoms with van der Waals surface area (Å²) in [6.45, 7) is 14.1. The molecule has 98 valence electrons. The maximum absolute atomic E-state index is 5.57. The summed E-state index contributed by atoms with van der Waals surface area (Å²) in [6.07, 6.45) is 4.91. The van der Waals surface area contributed by atoms with Gasteiger partial charge < -0.3 is 10.1 Å². The zero-order chi connectivity index (χ0) is 12.4. The largest absolute Gasteiger partial charge is 0.381 e. The minimum absolute atomic E-state index is 0.258. The van der Waals surface area contributed by atoms with Gasteiger partial charge in [-0.1, -0.05) is 13.8 Å². The average Bonchev–Trinajstić information content (AvgIpc) is 2.13. The van der Waals surface area contributed by atoms with Gasteiger partial charge in [0.1, 0.15) is 0 Å². The third-order valence-corrected chi connectivity index (χ3v) is 2.46. The molecule has 0 unspecified atom stereocenters. The van der Waals surface area contributed by atoms with Crippen LogP contribution in [0.2, 0.25) is 0 Å². The molecule has 0 heterocycles. The topological polar surface area (TPSA) is 21.3 Å². The van der Waals surface area contributed by atoms with Crippen LogP contribution < -0.4 is 5.32 Å². The molecule has 1 N–H and O–H groups in total. The van der Waals surface area contributed by atoms with Gasteiger partial charge in [-0.3, -0.25) is 0 Å². The summed E-state index contributed by atoms with van der Waals surface area (Å²) in [7, 11) is 0. The summed E-state index contributed by atoms with van der Waals surface area (Å²) in [6, 6.07) is 0. The highest BCUT2D eigenvalue weighted by atomic mass is 16.5. The van der Waals surface area contributed by atoms with Crippen molar-refractivity contribution in [2.45, 2.75) is 65.8 Å². The van der Waals surface area contributed by atoms with E-state index in [1.165, 1.54) is 25.7 Å². The molecule has 2 heteroatoms. The second-order valence-corrected chi connectivity index (χ2v) is 6.03. The van der Waals surface area contributed by atoms with Gasteiger partial charge >= 0.3 is 0 Å². The van der Waals surface area contributed by atoms with Crippen LogP contribution in [0.3, 0.4) is 0 Å². The van der Waals surface area contributed by atoms with Crippen molar-refractivity contribution in [3.63, 3.8) is 0 Å². The molecule has 0 saturated carbocycles. The number of unbranched alkanes of at least 4 members (excludes halogenated alkanes) is 2. The van der Waals surface area contributed by atoms with Gasteiger partial charge in [-0.05, 0) is 58.9 Å². The van der Waals surface area contributed by atoms with Gasteiger partial charge in [0.2, 0.25) is 0 Å². The lowest BCUT2D eigenvalue weighted by molar-refractivity contribution is 0.119. The second-order valence-electron chi connectivity index (χ2n) is 6.03. The molecule has 0 radical (unpaired) electrons. The number of ether oxygens (including phenoxy) is 1. The van der Waals surface area contributed by atoms with Crippen LogP contribution in [0.1, 0.15) is 60.3 Å². The Kier molecular flexibility index (Phi) is 8.96. The van der Waals surface area contributed by atoms with E-state index in [0.717, 1.165) is 25.7 Å². The van der Waals surface area contributed by atoms with Crippen LogP contribution >= 0.6 is 0 Å². The van der Waals surface area contributed by atoms with E-state index < -0.39 is 0 Å². The average molecular weight is 229 g/mol. The summed E-state index contributed by atoms with van der Waals surface area (Å²) < 4.78 is 5.57. The third-order valence-electron chi connectivity index (χ3n) is 2.46. The van der Waals surface area contributed by atoms with Crippen molar-refractivity contribution >= 4 is 0 Å². The molecule has 0 amide bonds. The van der Waals surface area contributed by atoms with E-state index in [1.54, 1.807) is 0 Å². The van der Waals surface area contributed by atoms with Crippen molar-refractivity contribution in [1.82, 2.24) is 5.32 Å². The zero-order valence-corrected chi connectivity index (χ0v) is 11.9. The molecule has 2 nitrogen and oxygen atoms in total. The molecule has 0 aliphatic rings. The molecule has 0 aliphatic carbocycles. The lowest BCUT2D eigenvalue weighted by Crippen LogP contribution is -2.36. The lowest BCUT2D eigenvalue weighted by Gasteiger charge is -2.20. The molecule has 0 fully saturated rings. The SMILES string of the molecule is CC(C)CCOCCCCCNC(C)(C)C. The quantitative estimate of drug-likeness (QED) is 0.610. The fraction of sp³-hybridized carbons (Fsp3) is 1.00. The van der Waals surface area contributed by atoms with E-state index in [4.69, 9.17) is 4.74 Å². The maximum Gasteiger partial charge on any atom is 0.0468 e. The molecule has 0 aromatic rings. The van der Waals surface area contributed by atoms with Crippen molar-refractivity contribution in [2.24, 2.45) is 5.92 Å². The molecule has 0 bridgehead atoms. The summed E-state index contributed by atoms with van der Waals surface area (Å²) in [5, 5.41) is 3.50. The molecule has 0 aliphatic heterocycles. The van der Waals surface area contributed by atoms with E-state index in [0.29, 0.717) is 0 Å². The molecule has 0 aromatic carbocycles. The molecule has 0 saturated heterocycles. The van der Waals surface area contributed by atoms with Gasteiger partial charge in [-0.25, -0.2) is 0 Å². The lowest BCUT2D eigenvalue weighted by atomic mass is 10.1. The molecular formula is C14H31NO. The van der Waals surface area contributed by atoms with Gasteiger partial charge in [0.25, 0.3) is 0 Å². The highest BCUT2D eigenvalue weighted by Crippen LogP contribution is 2.02. The third kappa shape index (κ3) is 13.9. The van der Waals surface area contributed by atoms with Gasteiger partial charge in [0, 0.05) is 18.8 Å². The van der Waals surface area contributed by atoms with Gasteiger partial charge in [-0.2, -0.15) is 0 Å². The van der Waals surface area contributed by atoms with Gasteiger partial charge in [-0.15, -0.1) is 0 Å².